The third-order valence-electron chi connectivity index (χ3n) is 4.68. The van der Waals surface area contributed by atoms with Crippen LogP contribution in [0.5, 0.6) is 0 Å². The SMILES string of the molecule is CC1(C)CCCC1C(=O)N1CCCCC1CO. The van der Waals surface area contributed by atoms with E-state index in [1.165, 1.54) is 6.42 Å². The quantitative estimate of drug-likeness (QED) is 0.802. The number of rotatable bonds is 2. The molecule has 2 rings (SSSR count). The van der Waals surface area contributed by atoms with Crippen LogP contribution in [-0.4, -0.2) is 35.1 Å². The van der Waals surface area contributed by atoms with Crippen LogP contribution in [0.2, 0.25) is 0 Å². The van der Waals surface area contributed by atoms with E-state index >= 15 is 0 Å². The maximum atomic E-state index is 12.6. The van der Waals surface area contributed by atoms with Crippen molar-refractivity contribution in [3.8, 4) is 0 Å². The zero-order valence-corrected chi connectivity index (χ0v) is 11.1. The Morgan fingerprint density at radius 1 is 1.29 bits per heavy atom. The van der Waals surface area contributed by atoms with E-state index in [9.17, 15) is 9.90 Å². The summed E-state index contributed by atoms with van der Waals surface area (Å²) in [5.41, 5.74) is 0.147. The zero-order valence-electron chi connectivity index (χ0n) is 11.1. The molecule has 3 nitrogen and oxygen atoms in total. The second-order valence-electron chi connectivity index (χ2n) is 6.30. The van der Waals surface area contributed by atoms with Crippen LogP contribution in [0, 0.1) is 11.3 Å². The Kier molecular flexibility index (Phi) is 3.76. The minimum Gasteiger partial charge on any atom is -0.394 e. The van der Waals surface area contributed by atoms with Crippen molar-refractivity contribution in [1.29, 1.82) is 0 Å². The highest BCUT2D eigenvalue weighted by atomic mass is 16.3. The van der Waals surface area contributed by atoms with E-state index in [1.807, 2.05) is 4.90 Å². The van der Waals surface area contributed by atoms with Crippen molar-refractivity contribution in [2.75, 3.05) is 13.2 Å². The molecule has 2 unspecified atom stereocenters. The van der Waals surface area contributed by atoms with Gasteiger partial charge in [0, 0.05) is 12.5 Å². The molecule has 1 saturated carbocycles. The van der Waals surface area contributed by atoms with Crippen molar-refractivity contribution in [3.63, 3.8) is 0 Å². The number of hydrogen-bond donors (Lipinski definition) is 1. The Bertz CT molecular complexity index is 288. The second kappa shape index (κ2) is 4.97. The van der Waals surface area contributed by atoms with E-state index in [1.54, 1.807) is 0 Å². The highest BCUT2D eigenvalue weighted by Gasteiger charge is 2.42. The second-order valence-corrected chi connectivity index (χ2v) is 6.30. The molecule has 2 fully saturated rings. The Morgan fingerprint density at radius 2 is 2.06 bits per heavy atom. The zero-order chi connectivity index (χ0) is 12.5. The molecule has 0 aromatic heterocycles. The van der Waals surface area contributed by atoms with Crippen LogP contribution in [0.3, 0.4) is 0 Å². The summed E-state index contributed by atoms with van der Waals surface area (Å²) < 4.78 is 0. The lowest BCUT2D eigenvalue weighted by atomic mass is 9.80. The Balaban J connectivity index is 2.07. The first-order valence-electron chi connectivity index (χ1n) is 6.97. The van der Waals surface area contributed by atoms with E-state index in [4.69, 9.17) is 0 Å². The van der Waals surface area contributed by atoms with E-state index in [0.29, 0.717) is 5.91 Å². The predicted octanol–water partition coefficient (Wildman–Crippen LogP) is 2.19. The third kappa shape index (κ3) is 2.49. The number of aliphatic hydroxyl groups excluding tert-OH is 1. The molecule has 1 N–H and O–H groups in total. The number of carbonyl (C=O) groups excluding carboxylic acids is 1. The maximum Gasteiger partial charge on any atom is 0.226 e. The molecule has 1 saturated heterocycles. The van der Waals surface area contributed by atoms with Crippen molar-refractivity contribution in [2.45, 2.75) is 58.4 Å². The van der Waals surface area contributed by atoms with Crippen molar-refractivity contribution in [1.82, 2.24) is 4.90 Å². The Hall–Kier alpha value is -0.570. The lowest BCUT2D eigenvalue weighted by molar-refractivity contribution is -0.143. The average molecular weight is 239 g/mol. The largest absolute Gasteiger partial charge is 0.394 e. The lowest BCUT2D eigenvalue weighted by Gasteiger charge is -2.39. The molecule has 2 atom stereocenters. The normalized spacial score (nSPS) is 32.8. The topological polar surface area (TPSA) is 40.5 Å². The molecule has 0 aromatic rings. The molecule has 3 heteroatoms. The summed E-state index contributed by atoms with van der Waals surface area (Å²) in [6, 6.07) is 0.0765. The van der Waals surface area contributed by atoms with E-state index in [-0.39, 0.29) is 24.0 Å². The number of aliphatic hydroxyl groups is 1. The smallest absolute Gasteiger partial charge is 0.226 e. The van der Waals surface area contributed by atoms with Gasteiger partial charge in [0.1, 0.15) is 0 Å². The molecule has 98 valence electrons. The first kappa shape index (κ1) is 12.9. The summed E-state index contributed by atoms with van der Waals surface area (Å²) >= 11 is 0. The van der Waals surface area contributed by atoms with Crippen molar-refractivity contribution < 1.29 is 9.90 Å². The van der Waals surface area contributed by atoms with Gasteiger partial charge < -0.3 is 10.0 Å². The van der Waals surface area contributed by atoms with Crippen molar-refractivity contribution in [2.24, 2.45) is 11.3 Å². The fraction of sp³-hybridized carbons (Fsp3) is 0.929. The number of nitrogens with zero attached hydrogens (tertiary/aromatic N) is 1. The molecule has 1 heterocycles. The highest BCUT2D eigenvalue weighted by molar-refractivity contribution is 5.80. The van der Waals surface area contributed by atoms with Gasteiger partial charge in [0.15, 0.2) is 0 Å². The molecule has 1 aliphatic heterocycles. The molecule has 1 amide bonds. The molecule has 1 aliphatic carbocycles. The van der Waals surface area contributed by atoms with Crippen LogP contribution in [0.15, 0.2) is 0 Å². The summed E-state index contributed by atoms with van der Waals surface area (Å²) in [5.74, 6) is 0.473. The van der Waals surface area contributed by atoms with Crippen LogP contribution in [0.25, 0.3) is 0 Å². The van der Waals surface area contributed by atoms with Gasteiger partial charge in [-0.05, 0) is 37.5 Å². The molecule has 17 heavy (non-hydrogen) atoms. The summed E-state index contributed by atoms with van der Waals surface area (Å²) in [5, 5.41) is 9.39. The maximum absolute atomic E-state index is 12.6. The van der Waals surface area contributed by atoms with Gasteiger partial charge in [0.05, 0.1) is 12.6 Å². The van der Waals surface area contributed by atoms with Gasteiger partial charge >= 0.3 is 0 Å². The summed E-state index contributed by atoms with van der Waals surface area (Å²) in [6.45, 7) is 5.39. The van der Waals surface area contributed by atoms with Crippen molar-refractivity contribution in [3.05, 3.63) is 0 Å². The van der Waals surface area contributed by atoms with Gasteiger partial charge in [0.25, 0.3) is 0 Å². The van der Waals surface area contributed by atoms with Gasteiger partial charge in [-0.1, -0.05) is 20.3 Å². The fourth-order valence-corrected chi connectivity index (χ4v) is 3.47. The summed E-state index contributed by atoms with van der Waals surface area (Å²) in [6.07, 6.45) is 6.55. The molecule has 0 bridgehead atoms. The lowest BCUT2D eigenvalue weighted by Crippen LogP contribution is -2.49. The summed E-state index contributed by atoms with van der Waals surface area (Å²) in [4.78, 5) is 14.6. The van der Waals surface area contributed by atoms with Crippen LogP contribution in [-0.2, 0) is 4.79 Å². The van der Waals surface area contributed by atoms with Crippen LogP contribution < -0.4 is 0 Å². The molecule has 0 spiro atoms. The minimum atomic E-state index is 0.0765. The van der Waals surface area contributed by atoms with Gasteiger partial charge in [-0.15, -0.1) is 0 Å². The molecule has 0 aromatic carbocycles. The Labute approximate surface area is 104 Å². The van der Waals surface area contributed by atoms with Gasteiger partial charge in [-0.25, -0.2) is 0 Å². The van der Waals surface area contributed by atoms with Crippen LogP contribution in [0.1, 0.15) is 52.4 Å². The van der Waals surface area contributed by atoms with Crippen LogP contribution >= 0.6 is 0 Å². The highest BCUT2D eigenvalue weighted by Crippen LogP contribution is 2.44. The van der Waals surface area contributed by atoms with E-state index in [0.717, 1.165) is 38.6 Å². The molecular weight excluding hydrogens is 214 g/mol. The average Bonchev–Trinajstić information content (AvgIpc) is 2.68. The third-order valence-corrected chi connectivity index (χ3v) is 4.68. The molecule has 0 radical (unpaired) electrons. The van der Waals surface area contributed by atoms with E-state index < -0.39 is 0 Å². The number of carbonyl (C=O) groups is 1. The van der Waals surface area contributed by atoms with Gasteiger partial charge in [0.2, 0.25) is 5.91 Å². The fourth-order valence-electron chi connectivity index (χ4n) is 3.47. The predicted molar refractivity (Wildman–Crippen MR) is 67.6 cm³/mol. The monoisotopic (exact) mass is 239 g/mol. The van der Waals surface area contributed by atoms with Crippen LogP contribution in [0.4, 0.5) is 0 Å². The number of hydrogen-bond acceptors (Lipinski definition) is 2. The Morgan fingerprint density at radius 3 is 2.65 bits per heavy atom. The first-order valence-corrected chi connectivity index (χ1v) is 6.97. The van der Waals surface area contributed by atoms with Crippen molar-refractivity contribution >= 4 is 5.91 Å². The van der Waals surface area contributed by atoms with Gasteiger partial charge in [-0.2, -0.15) is 0 Å². The van der Waals surface area contributed by atoms with E-state index in [2.05, 4.69) is 13.8 Å². The summed E-state index contributed by atoms with van der Waals surface area (Å²) in [7, 11) is 0. The first-order chi connectivity index (χ1) is 8.06. The molecule has 2 aliphatic rings. The number of piperidine rings is 1. The van der Waals surface area contributed by atoms with Gasteiger partial charge in [-0.3, -0.25) is 4.79 Å². The minimum absolute atomic E-state index is 0.0765. The number of amides is 1. The number of likely N-dealkylation sites (tertiary alicyclic amines) is 1. The molecular formula is C14H25NO2. The standard InChI is InChI=1S/C14H25NO2/c1-14(2)8-5-7-12(14)13(17)15-9-4-3-6-11(15)10-16/h11-12,16H,3-10H2,1-2H3.